The first-order valence-electron chi connectivity index (χ1n) is 3.67. The first-order chi connectivity index (χ1) is 6.77. The number of carbonyl (C=O) groups is 1. The Morgan fingerprint density at radius 1 is 1.43 bits per heavy atom. The molecule has 0 saturated heterocycles. The van der Waals surface area contributed by atoms with Crippen LogP contribution in [0, 0.1) is 11.3 Å². The van der Waals surface area contributed by atoms with E-state index in [0.717, 1.165) is 0 Å². The largest absolute Gasteiger partial charge is 0.421 e. The highest BCUT2D eigenvalue weighted by atomic mass is 16.5. The van der Waals surface area contributed by atoms with Crippen molar-refractivity contribution >= 4 is 11.7 Å². The number of ether oxygens (including phenoxy) is 1. The maximum atomic E-state index is 11.0. The van der Waals surface area contributed by atoms with Gasteiger partial charge >= 0.3 is 5.97 Å². The normalized spacial score (nSPS) is 10.4. The van der Waals surface area contributed by atoms with Crippen molar-refractivity contribution in [3.63, 3.8) is 0 Å². The molecule has 1 rings (SSSR count). The minimum absolute atomic E-state index is 0.286. The molecule has 0 aliphatic carbocycles. The minimum Gasteiger partial charge on any atom is -0.421 e. The van der Waals surface area contributed by atoms with Gasteiger partial charge in [-0.1, -0.05) is 23.4 Å². The minimum atomic E-state index is -0.985. The highest BCUT2D eigenvalue weighted by Crippen LogP contribution is 2.08. The zero-order valence-corrected chi connectivity index (χ0v) is 7.04. The van der Waals surface area contributed by atoms with Crippen molar-refractivity contribution in [2.24, 2.45) is 5.16 Å². The van der Waals surface area contributed by atoms with E-state index in [0.29, 0.717) is 0 Å². The number of hydrogen-bond donors (Lipinski definition) is 1. The van der Waals surface area contributed by atoms with E-state index >= 15 is 0 Å². The second-order valence-corrected chi connectivity index (χ2v) is 2.26. The van der Waals surface area contributed by atoms with Gasteiger partial charge in [-0.25, -0.2) is 4.79 Å². The fourth-order valence-corrected chi connectivity index (χ4v) is 0.753. The molecule has 5 nitrogen and oxygen atoms in total. The van der Waals surface area contributed by atoms with Gasteiger partial charge in [-0.15, -0.1) is 0 Å². The molecule has 0 unspecified atom stereocenters. The van der Waals surface area contributed by atoms with Gasteiger partial charge in [-0.2, -0.15) is 5.26 Å². The van der Waals surface area contributed by atoms with E-state index in [-0.39, 0.29) is 5.75 Å². The Kier molecular flexibility index (Phi) is 3.21. The van der Waals surface area contributed by atoms with Gasteiger partial charge in [0.25, 0.3) is 5.71 Å². The number of para-hydroxylation sites is 1. The van der Waals surface area contributed by atoms with Crippen LogP contribution in [0.3, 0.4) is 0 Å². The van der Waals surface area contributed by atoms with Crippen LogP contribution in [-0.4, -0.2) is 16.9 Å². The number of oxime groups is 1. The molecule has 0 aliphatic heterocycles. The lowest BCUT2D eigenvalue weighted by Crippen LogP contribution is -2.18. The Bertz CT molecular complexity index is 392. The third-order valence-corrected chi connectivity index (χ3v) is 1.35. The molecular weight excluding hydrogens is 184 g/mol. The SMILES string of the molecule is N#C/C(=N/O)C(=O)Oc1ccccc1. The summed E-state index contributed by atoms with van der Waals surface area (Å²) in [5.74, 6) is -0.699. The smallest absolute Gasteiger partial charge is 0.376 e. The molecule has 0 radical (unpaired) electrons. The van der Waals surface area contributed by atoms with Crippen molar-refractivity contribution in [3.05, 3.63) is 30.3 Å². The molecule has 1 aromatic carbocycles. The second-order valence-electron chi connectivity index (χ2n) is 2.26. The predicted octanol–water partition coefficient (Wildman–Crippen LogP) is 0.946. The van der Waals surface area contributed by atoms with Gasteiger partial charge in [0.15, 0.2) is 0 Å². The highest BCUT2D eigenvalue weighted by molar-refractivity contribution is 6.43. The van der Waals surface area contributed by atoms with Crippen LogP contribution >= 0.6 is 0 Å². The summed E-state index contributed by atoms with van der Waals surface area (Å²) < 4.78 is 4.71. The summed E-state index contributed by atoms with van der Waals surface area (Å²) in [5, 5.41) is 19.1. The van der Waals surface area contributed by atoms with Gasteiger partial charge in [0.2, 0.25) is 0 Å². The van der Waals surface area contributed by atoms with Gasteiger partial charge in [0, 0.05) is 0 Å². The third kappa shape index (κ3) is 2.32. The van der Waals surface area contributed by atoms with E-state index in [9.17, 15) is 4.79 Å². The Hall–Kier alpha value is -2.35. The van der Waals surface area contributed by atoms with Crippen LogP contribution < -0.4 is 4.74 Å². The second kappa shape index (κ2) is 4.62. The average molecular weight is 190 g/mol. The molecule has 1 aromatic rings. The van der Waals surface area contributed by atoms with Crippen LogP contribution in [0.2, 0.25) is 0 Å². The van der Waals surface area contributed by atoms with E-state index in [1.165, 1.54) is 6.07 Å². The summed E-state index contributed by atoms with van der Waals surface area (Å²) in [6.07, 6.45) is 0. The Morgan fingerprint density at radius 2 is 2.07 bits per heavy atom. The molecule has 70 valence electrons. The number of hydrogen-bond acceptors (Lipinski definition) is 5. The Labute approximate surface area is 79.8 Å². The van der Waals surface area contributed by atoms with Crippen molar-refractivity contribution < 1.29 is 14.7 Å². The summed E-state index contributed by atoms with van der Waals surface area (Å²) in [5.41, 5.74) is -0.686. The van der Waals surface area contributed by atoms with Gasteiger partial charge in [-0.05, 0) is 12.1 Å². The molecule has 1 N–H and O–H groups in total. The molecular formula is C9H6N2O3. The first kappa shape index (κ1) is 9.74. The van der Waals surface area contributed by atoms with Crippen molar-refractivity contribution in [3.8, 4) is 11.8 Å². The zero-order chi connectivity index (χ0) is 10.4. The zero-order valence-electron chi connectivity index (χ0n) is 7.04. The topological polar surface area (TPSA) is 82.7 Å². The fourth-order valence-electron chi connectivity index (χ4n) is 0.753. The highest BCUT2D eigenvalue weighted by Gasteiger charge is 2.13. The van der Waals surface area contributed by atoms with Crippen molar-refractivity contribution in [1.82, 2.24) is 0 Å². The van der Waals surface area contributed by atoms with Crippen molar-refractivity contribution in [2.75, 3.05) is 0 Å². The number of nitriles is 1. The quantitative estimate of drug-likeness (QED) is 0.247. The fraction of sp³-hybridized carbons (Fsp3) is 0. The molecule has 0 spiro atoms. The molecule has 0 atom stereocenters. The van der Waals surface area contributed by atoms with E-state index in [4.69, 9.17) is 15.2 Å². The first-order valence-corrected chi connectivity index (χ1v) is 3.67. The molecule has 14 heavy (non-hydrogen) atoms. The molecule has 5 heteroatoms. The molecule has 0 amide bonds. The van der Waals surface area contributed by atoms with E-state index in [1.54, 1.807) is 30.3 Å². The summed E-state index contributed by atoms with van der Waals surface area (Å²) in [7, 11) is 0. The number of esters is 1. The van der Waals surface area contributed by atoms with Gasteiger partial charge in [-0.3, -0.25) is 0 Å². The number of carbonyl (C=O) groups excluding carboxylic acids is 1. The molecule has 0 fully saturated rings. The van der Waals surface area contributed by atoms with Crippen LogP contribution in [0.5, 0.6) is 5.75 Å². The monoisotopic (exact) mass is 190 g/mol. The summed E-state index contributed by atoms with van der Waals surface area (Å²) in [6, 6.07) is 9.58. The molecule has 0 heterocycles. The van der Waals surface area contributed by atoms with Crippen LogP contribution in [0.15, 0.2) is 35.5 Å². The van der Waals surface area contributed by atoms with Crippen molar-refractivity contribution in [2.45, 2.75) is 0 Å². The lowest BCUT2D eigenvalue weighted by atomic mass is 10.3. The summed E-state index contributed by atoms with van der Waals surface area (Å²) in [4.78, 5) is 11.0. The third-order valence-electron chi connectivity index (χ3n) is 1.35. The molecule has 0 aromatic heterocycles. The predicted molar refractivity (Wildman–Crippen MR) is 46.9 cm³/mol. The standard InChI is InChI=1S/C9H6N2O3/c10-6-8(11-13)9(12)14-7-4-2-1-3-5-7/h1-5,13H/b11-8-. The lowest BCUT2D eigenvalue weighted by Gasteiger charge is -1.99. The van der Waals surface area contributed by atoms with E-state index in [1.807, 2.05) is 0 Å². The van der Waals surface area contributed by atoms with Gasteiger partial charge < -0.3 is 9.94 Å². The van der Waals surface area contributed by atoms with E-state index in [2.05, 4.69) is 5.16 Å². The van der Waals surface area contributed by atoms with Crippen LogP contribution in [-0.2, 0) is 4.79 Å². The number of benzene rings is 1. The maximum Gasteiger partial charge on any atom is 0.376 e. The summed E-state index contributed by atoms with van der Waals surface area (Å²) >= 11 is 0. The number of rotatable bonds is 2. The lowest BCUT2D eigenvalue weighted by molar-refractivity contribution is -0.126. The number of nitrogens with zero attached hydrogens (tertiary/aromatic N) is 2. The van der Waals surface area contributed by atoms with Crippen LogP contribution in [0.4, 0.5) is 0 Å². The Balaban J connectivity index is 2.73. The van der Waals surface area contributed by atoms with Gasteiger partial charge in [0.1, 0.15) is 11.8 Å². The maximum absolute atomic E-state index is 11.0. The molecule has 0 bridgehead atoms. The average Bonchev–Trinajstić information content (AvgIpc) is 2.21. The van der Waals surface area contributed by atoms with Gasteiger partial charge in [0.05, 0.1) is 0 Å². The van der Waals surface area contributed by atoms with Crippen LogP contribution in [0.1, 0.15) is 0 Å². The van der Waals surface area contributed by atoms with Crippen molar-refractivity contribution in [1.29, 1.82) is 5.26 Å². The Morgan fingerprint density at radius 3 is 2.57 bits per heavy atom. The summed E-state index contributed by atoms with van der Waals surface area (Å²) in [6.45, 7) is 0. The van der Waals surface area contributed by atoms with E-state index < -0.39 is 11.7 Å². The molecule has 0 saturated carbocycles. The molecule has 0 aliphatic rings. The van der Waals surface area contributed by atoms with Crippen LogP contribution in [0.25, 0.3) is 0 Å².